The van der Waals surface area contributed by atoms with Crippen molar-refractivity contribution in [3.63, 3.8) is 0 Å². The number of hydrogen-bond donors (Lipinski definition) is 0. The van der Waals surface area contributed by atoms with E-state index in [0.29, 0.717) is 12.4 Å². The SMILES string of the molecule is CCOP(=S)(/N=C/N(C)C)Oc1cccnc1Cl. The number of rotatable bonds is 6. The summed E-state index contributed by atoms with van der Waals surface area (Å²) >= 11 is 11.2. The van der Waals surface area contributed by atoms with E-state index in [0.717, 1.165) is 0 Å². The normalized spacial score (nSPS) is 14.4. The molecule has 0 aliphatic rings. The molecular weight excluding hydrogens is 293 g/mol. The standard InChI is InChI=1S/C10H15ClN3O2PS/c1-4-15-17(18,13-8-14(2)3)16-9-6-5-7-12-10(9)11/h5-8H,4H2,1-3H3/b13-8+. The zero-order chi connectivity index (χ0) is 13.6. The van der Waals surface area contributed by atoms with Gasteiger partial charge in [0.25, 0.3) is 0 Å². The summed E-state index contributed by atoms with van der Waals surface area (Å²) < 4.78 is 15.2. The first-order valence-electron chi connectivity index (χ1n) is 5.23. The first-order valence-corrected chi connectivity index (χ1v) is 8.20. The van der Waals surface area contributed by atoms with Gasteiger partial charge in [-0.05, 0) is 19.1 Å². The Morgan fingerprint density at radius 2 is 2.33 bits per heavy atom. The number of nitrogens with zero attached hydrogens (tertiary/aromatic N) is 3. The predicted molar refractivity (Wildman–Crippen MR) is 78.0 cm³/mol. The van der Waals surface area contributed by atoms with Crippen LogP contribution in [0, 0.1) is 0 Å². The highest BCUT2D eigenvalue weighted by Crippen LogP contribution is 2.50. The number of halogens is 1. The van der Waals surface area contributed by atoms with Crippen LogP contribution in [-0.2, 0) is 16.3 Å². The molecule has 0 N–H and O–H groups in total. The van der Waals surface area contributed by atoms with Gasteiger partial charge in [0, 0.05) is 32.1 Å². The summed E-state index contributed by atoms with van der Waals surface area (Å²) in [5.41, 5.74) is 0. The van der Waals surface area contributed by atoms with Gasteiger partial charge in [-0.2, -0.15) is 4.76 Å². The maximum absolute atomic E-state index is 5.91. The fraction of sp³-hybridized carbons (Fsp3) is 0.400. The predicted octanol–water partition coefficient (Wildman–Crippen LogP) is 2.96. The van der Waals surface area contributed by atoms with Crippen LogP contribution in [-0.4, -0.2) is 36.9 Å². The zero-order valence-corrected chi connectivity index (χ0v) is 12.9. The molecule has 0 radical (unpaired) electrons. The highest BCUT2D eigenvalue weighted by molar-refractivity contribution is 8.09. The summed E-state index contributed by atoms with van der Waals surface area (Å²) in [6.45, 7) is -0.535. The van der Waals surface area contributed by atoms with Crippen LogP contribution < -0.4 is 4.52 Å². The minimum absolute atomic E-state index is 0.242. The molecule has 18 heavy (non-hydrogen) atoms. The lowest BCUT2D eigenvalue weighted by Crippen LogP contribution is -2.08. The quantitative estimate of drug-likeness (QED) is 0.350. The fourth-order valence-electron chi connectivity index (χ4n) is 0.977. The molecule has 0 aliphatic carbocycles. The molecule has 0 fully saturated rings. The minimum atomic E-state index is -2.79. The van der Waals surface area contributed by atoms with Crippen LogP contribution in [0.5, 0.6) is 5.75 Å². The molecule has 0 aromatic carbocycles. The van der Waals surface area contributed by atoms with Gasteiger partial charge < -0.3 is 13.9 Å². The Balaban J connectivity index is 2.93. The molecule has 1 rings (SSSR count). The summed E-state index contributed by atoms with van der Waals surface area (Å²) in [5, 5.41) is 0.242. The lowest BCUT2D eigenvalue weighted by atomic mass is 10.5. The summed E-state index contributed by atoms with van der Waals surface area (Å²) in [4.78, 5) is 5.67. The van der Waals surface area contributed by atoms with Crippen LogP contribution in [0.25, 0.3) is 0 Å². The Morgan fingerprint density at radius 3 is 2.89 bits per heavy atom. The molecule has 0 bridgehead atoms. The maximum atomic E-state index is 5.91. The topological polar surface area (TPSA) is 47.0 Å². The van der Waals surface area contributed by atoms with Crippen LogP contribution >= 0.6 is 18.2 Å². The monoisotopic (exact) mass is 307 g/mol. The molecule has 1 unspecified atom stereocenters. The Bertz CT molecular complexity index is 470. The Labute approximate surface area is 117 Å². The molecule has 1 heterocycles. The summed E-state index contributed by atoms with van der Waals surface area (Å²) in [6.07, 6.45) is 3.14. The first kappa shape index (κ1) is 15.4. The van der Waals surface area contributed by atoms with Crippen molar-refractivity contribution in [3.8, 4) is 5.75 Å². The third-order valence-corrected chi connectivity index (χ3v) is 4.16. The second-order valence-electron chi connectivity index (χ2n) is 3.46. The molecule has 100 valence electrons. The van der Waals surface area contributed by atoms with Crippen molar-refractivity contribution in [2.24, 2.45) is 4.76 Å². The van der Waals surface area contributed by atoms with Crippen LogP contribution in [0.1, 0.15) is 6.92 Å². The maximum Gasteiger partial charge on any atom is 0.362 e. The Hall–Kier alpha value is -0.680. The molecule has 0 saturated carbocycles. The van der Waals surface area contributed by atoms with Gasteiger partial charge in [0.05, 0.1) is 12.9 Å². The third-order valence-electron chi connectivity index (χ3n) is 1.65. The largest absolute Gasteiger partial charge is 0.424 e. The Morgan fingerprint density at radius 1 is 1.61 bits per heavy atom. The molecular formula is C10H15ClN3O2PS. The smallest absolute Gasteiger partial charge is 0.362 e. The van der Waals surface area contributed by atoms with Gasteiger partial charge >= 0.3 is 6.64 Å². The van der Waals surface area contributed by atoms with E-state index in [1.54, 1.807) is 29.6 Å². The number of aromatic nitrogens is 1. The van der Waals surface area contributed by atoms with Gasteiger partial charge in [-0.15, -0.1) is 0 Å². The van der Waals surface area contributed by atoms with Crippen molar-refractivity contribution in [1.29, 1.82) is 0 Å². The highest BCUT2D eigenvalue weighted by Gasteiger charge is 2.20. The first-order chi connectivity index (χ1) is 8.47. The van der Waals surface area contributed by atoms with E-state index >= 15 is 0 Å². The second kappa shape index (κ2) is 7.04. The van der Waals surface area contributed by atoms with E-state index < -0.39 is 6.64 Å². The van der Waals surface area contributed by atoms with Crippen molar-refractivity contribution in [2.45, 2.75) is 6.92 Å². The van der Waals surface area contributed by atoms with Crippen LogP contribution in [0.4, 0.5) is 0 Å². The van der Waals surface area contributed by atoms with Gasteiger partial charge in [0.2, 0.25) is 0 Å². The van der Waals surface area contributed by atoms with Crippen LogP contribution in [0.15, 0.2) is 23.1 Å². The average Bonchev–Trinajstić information content (AvgIpc) is 2.30. The van der Waals surface area contributed by atoms with Gasteiger partial charge in [-0.25, -0.2) is 4.98 Å². The molecule has 0 saturated heterocycles. The molecule has 0 aliphatic heterocycles. The number of hydrogen-bond acceptors (Lipinski definition) is 4. The summed E-state index contributed by atoms with van der Waals surface area (Å²) in [5.74, 6) is 0.381. The third kappa shape index (κ3) is 4.90. The van der Waals surface area contributed by atoms with E-state index in [1.165, 1.54) is 0 Å². The summed E-state index contributed by atoms with van der Waals surface area (Å²) in [6, 6.07) is 3.39. The van der Waals surface area contributed by atoms with E-state index in [9.17, 15) is 0 Å². The van der Waals surface area contributed by atoms with Gasteiger partial charge in [-0.1, -0.05) is 11.6 Å². The number of pyridine rings is 1. The van der Waals surface area contributed by atoms with E-state index in [-0.39, 0.29) is 5.15 Å². The van der Waals surface area contributed by atoms with Crippen molar-refractivity contribution in [1.82, 2.24) is 9.88 Å². The average molecular weight is 308 g/mol. The van der Waals surface area contributed by atoms with Crippen molar-refractivity contribution in [3.05, 3.63) is 23.5 Å². The van der Waals surface area contributed by atoms with Gasteiger partial charge in [-0.3, -0.25) is 0 Å². The van der Waals surface area contributed by atoms with Crippen LogP contribution in [0.3, 0.4) is 0 Å². The zero-order valence-electron chi connectivity index (χ0n) is 10.4. The molecule has 0 amide bonds. The molecule has 1 atom stereocenters. The second-order valence-corrected chi connectivity index (χ2v) is 6.82. The van der Waals surface area contributed by atoms with E-state index in [1.807, 2.05) is 21.0 Å². The fourth-order valence-corrected chi connectivity index (χ4v) is 3.09. The van der Waals surface area contributed by atoms with Gasteiger partial charge in [0.15, 0.2) is 10.9 Å². The molecule has 1 aromatic heterocycles. The van der Waals surface area contributed by atoms with E-state index in [4.69, 9.17) is 32.5 Å². The lowest BCUT2D eigenvalue weighted by Gasteiger charge is -2.18. The highest BCUT2D eigenvalue weighted by atomic mass is 35.5. The molecule has 1 aromatic rings. The van der Waals surface area contributed by atoms with E-state index in [2.05, 4.69) is 9.75 Å². The van der Waals surface area contributed by atoms with Crippen molar-refractivity contribution >= 4 is 36.4 Å². The Kier molecular flexibility index (Phi) is 6.02. The van der Waals surface area contributed by atoms with Crippen molar-refractivity contribution in [2.75, 3.05) is 20.7 Å². The van der Waals surface area contributed by atoms with Gasteiger partial charge in [0.1, 0.15) is 0 Å². The lowest BCUT2D eigenvalue weighted by molar-refractivity contribution is 0.331. The van der Waals surface area contributed by atoms with Crippen LogP contribution in [0.2, 0.25) is 5.15 Å². The molecule has 0 spiro atoms. The van der Waals surface area contributed by atoms with Crippen molar-refractivity contribution < 1.29 is 9.05 Å². The molecule has 5 nitrogen and oxygen atoms in total. The molecule has 8 heteroatoms. The minimum Gasteiger partial charge on any atom is -0.424 e. The summed E-state index contributed by atoms with van der Waals surface area (Å²) in [7, 11) is 3.68.